The van der Waals surface area contributed by atoms with Crippen LogP contribution in [0, 0.1) is 10.5 Å². The largest absolute Gasteiger partial charge is 0.493 e. The van der Waals surface area contributed by atoms with Gasteiger partial charge in [-0.05, 0) is 96.6 Å². The van der Waals surface area contributed by atoms with Crippen LogP contribution in [0.1, 0.15) is 28.4 Å². The highest BCUT2D eigenvalue weighted by Gasteiger charge is 2.12. The Kier molecular flexibility index (Phi) is 6.92. The molecular weight excluding hydrogens is 465 g/mol. The molecule has 0 aliphatic heterocycles. The number of aryl methyl sites for hydroxylation is 1. The number of ether oxygens (including phenoxy) is 2. The molecule has 0 heterocycles. The van der Waals surface area contributed by atoms with Gasteiger partial charge in [0.05, 0.1) is 6.61 Å². The van der Waals surface area contributed by atoms with Crippen LogP contribution in [0.4, 0.5) is 5.69 Å². The second kappa shape index (κ2) is 9.59. The van der Waals surface area contributed by atoms with E-state index in [1.165, 1.54) is 0 Å². The van der Waals surface area contributed by atoms with Crippen LogP contribution in [0.2, 0.25) is 0 Å². The van der Waals surface area contributed by atoms with Crippen molar-refractivity contribution in [3.05, 3.63) is 87.0 Å². The molecule has 0 saturated heterocycles. The monoisotopic (exact) mass is 487 g/mol. The Hall–Kier alpha value is -2.54. The fourth-order valence-electron chi connectivity index (χ4n) is 2.73. The minimum Gasteiger partial charge on any atom is -0.493 e. The Bertz CT molecular complexity index is 954. The van der Waals surface area contributed by atoms with Crippen molar-refractivity contribution in [3.8, 4) is 11.5 Å². The van der Waals surface area contributed by atoms with Crippen molar-refractivity contribution >= 4 is 34.2 Å². The van der Waals surface area contributed by atoms with Gasteiger partial charge < -0.3 is 14.8 Å². The predicted octanol–water partition coefficient (Wildman–Crippen LogP) is 5.83. The Morgan fingerprint density at radius 3 is 2.50 bits per heavy atom. The van der Waals surface area contributed by atoms with Gasteiger partial charge in [0.25, 0.3) is 5.91 Å². The standard InChI is InChI=1S/C23H22INO3/c1-3-27-22-12-7-17(23(26)25-20-10-8-19(24)9-11-20)14-18(22)15-28-21-6-4-5-16(2)13-21/h4-14H,3,15H2,1-2H3,(H,25,26). The van der Waals surface area contributed by atoms with Gasteiger partial charge in [-0.15, -0.1) is 0 Å². The van der Waals surface area contributed by atoms with Crippen molar-refractivity contribution in [3.63, 3.8) is 0 Å². The van der Waals surface area contributed by atoms with E-state index < -0.39 is 0 Å². The van der Waals surface area contributed by atoms with Crippen LogP contribution in [0.3, 0.4) is 0 Å². The molecule has 3 aromatic rings. The second-order valence-electron chi connectivity index (χ2n) is 6.32. The molecule has 0 fully saturated rings. The molecule has 0 aromatic heterocycles. The van der Waals surface area contributed by atoms with E-state index in [1.54, 1.807) is 6.07 Å². The summed E-state index contributed by atoms with van der Waals surface area (Å²) in [5.74, 6) is 1.35. The lowest BCUT2D eigenvalue weighted by atomic mass is 10.1. The van der Waals surface area contributed by atoms with Gasteiger partial charge in [-0.1, -0.05) is 12.1 Å². The lowest BCUT2D eigenvalue weighted by Gasteiger charge is -2.14. The maximum atomic E-state index is 12.6. The average molecular weight is 487 g/mol. The molecule has 0 saturated carbocycles. The van der Waals surface area contributed by atoms with E-state index >= 15 is 0 Å². The number of benzene rings is 3. The number of rotatable bonds is 7. The smallest absolute Gasteiger partial charge is 0.255 e. The molecule has 0 atom stereocenters. The Morgan fingerprint density at radius 1 is 1.00 bits per heavy atom. The van der Waals surface area contributed by atoms with Crippen molar-refractivity contribution in [2.75, 3.05) is 11.9 Å². The summed E-state index contributed by atoms with van der Waals surface area (Å²) in [7, 11) is 0. The Balaban J connectivity index is 1.77. The van der Waals surface area contributed by atoms with Crippen LogP contribution in [-0.2, 0) is 6.61 Å². The summed E-state index contributed by atoms with van der Waals surface area (Å²) in [6.07, 6.45) is 0. The lowest BCUT2D eigenvalue weighted by molar-refractivity contribution is 0.102. The molecule has 0 aliphatic rings. The van der Waals surface area contributed by atoms with Gasteiger partial charge in [-0.3, -0.25) is 4.79 Å². The van der Waals surface area contributed by atoms with Crippen LogP contribution in [0.5, 0.6) is 11.5 Å². The third kappa shape index (κ3) is 5.48. The van der Waals surface area contributed by atoms with Crippen molar-refractivity contribution < 1.29 is 14.3 Å². The lowest BCUT2D eigenvalue weighted by Crippen LogP contribution is -2.13. The first-order chi connectivity index (χ1) is 13.5. The van der Waals surface area contributed by atoms with Crippen LogP contribution >= 0.6 is 22.6 Å². The Labute approximate surface area is 179 Å². The first-order valence-corrected chi connectivity index (χ1v) is 10.1. The summed E-state index contributed by atoms with van der Waals surface area (Å²) < 4.78 is 12.7. The van der Waals surface area contributed by atoms with Gasteiger partial charge in [-0.2, -0.15) is 0 Å². The topological polar surface area (TPSA) is 47.6 Å². The number of nitrogens with one attached hydrogen (secondary N) is 1. The average Bonchev–Trinajstić information content (AvgIpc) is 2.69. The highest BCUT2D eigenvalue weighted by atomic mass is 127. The van der Waals surface area contributed by atoms with E-state index in [1.807, 2.05) is 74.5 Å². The zero-order valence-electron chi connectivity index (χ0n) is 15.9. The van der Waals surface area contributed by atoms with Gasteiger partial charge >= 0.3 is 0 Å². The summed E-state index contributed by atoms with van der Waals surface area (Å²) in [6.45, 7) is 4.83. The van der Waals surface area contributed by atoms with Crippen LogP contribution in [0.15, 0.2) is 66.7 Å². The van der Waals surface area contributed by atoms with Crippen molar-refractivity contribution in [1.29, 1.82) is 0 Å². The fourth-order valence-corrected chi connectivity index (χ4v) is 3.09. The highest BCUT2D eigenvalue weighted by molar-refractivity contribution is 14.1. The minimum absolute atomic E-state index is 0.166. The number of amides is 1. The summed E-state index contributed by atoms with van der Waals surface area (Å²) in [5, 5.41) is 2.92. The van der Waals surface area contributed by atoms with Crippen LogP contribution in [0.25, 0.3) is 0 Å². The molecule has 0 spiro atoms. The van der Waals surface area contributed by atoms with Gasteiger partial charge in [-0.25, -0.2) is 0 Å². The third-order valence-electron chi connectivity index (χ3n) is 4.11. The maximum absolute atomic E-state index is 12.6. The van der Waals surface area contributed by atoms with E-state index in [2.05, 4.69) is 27.9 Å². The number of hydrogen-bond acceptors (Lipinski definition) is 3. The Morgan fingerprint density at radius 2 is 1.79 bits per heavy atom. The zero-order valence-corrected chi connectivity index (χ0v) is 18.0. The highest BCUT2D eigenvalue weighted by Crippen LogP contribution is 2.24. The summed E-state index contributed by atoms with van der Waals surface area (Å²) >= 11 is 2.23. The summed E-state index contributed by atoms with van der Waals surface area (Å²) in [6, 6.07) is 21.0. The first kappa shape index (κ1) is 20.2. The van der Waals surface area contributed by atoms with Crippen molar-refractivity contribution in [2.24, 2.45) is 0 Å². The first-order valence-electron chi connectivity index (χ1n) is 9.07. The van der Waals surface area contributed by atoms with Gasteiger partial charge in [0, 0.05) is 20.4 Å². The van der Waals surface area contributed by atoms with E-state index in [0.717, 1.165) is 31.9 Å². The third-order valence-corrected chi connectivity index (χ3v) is 4.83. The van der Waals surface area contributed by atoms with E-state index in [0.29, 0.717) is 18.8 Å². The molecule has 28 heavy (non-hydrogen) atoms. The SMILES string of the molecule is CCOc1ccc(C(=O)Nc2ccc(I)cc2)cc1COc1cccc(C)c1. The van der Waals surface area contributed by atoms with E-state index in [4.69, 9.17) is 9.47 Å². The van der Waals surface area contributed by atoms with Crippen molar-refractivity contribution in [2.45, 2.75) is 20.5 Å². The number of carbonyl (C=O) groups excluding carboxylic acids is 1. The molecule has 1 amide bonds. The second-order valence-corrected chi connectivity index (χ2v) is 7.57. The number of carbonyl (C=O) groups is 1. The van der Waals surface area contributed by atoms with Gasteiger partial charge in [0.1, 0.15) is 18.1 Å². The fraction of sp³-hybridized carbons (Fsp3) is 0.174. The summed E-state index contributed by atoms with van der Waals surface area (Å²) in [4.78, 5) is 12.6. The van der Waals surface area contributed by atoms with Gasteiger partial charge in [0.15, 0.2) is 0 Å². The van der Waals surface area contributed by atoms with E-state index in [-0.39, 0.29) is 5.91 Å². The number of anilines is 1. The molecule has 0 radical (unpaired) electrons. The number of hydrogen-bond donors (Lipinski definition) is 1. The molecule has 0 aliphatic carbocycles. The van der Waals surface area contributed by atoms with Gasteiger partial charge in [0.2, 0.25) is 0 Å². The molecule has 0 unspecified atom stereocenters. The molecular formula is C23H22INO3. The minimum atomic E-state index is -0.166. The summed E-state index contributed by atoms with van der Waals surface area (Å²) in [5.41, 5.74) is 3.29. The quantitative estimate of drug-likeness (QED) is 0.427. The molecule has 3 aromatic carbocycles. The number of halogens is 1. The molecule has 144 valence electrons. The molecule has 4 nitrogen and oxygen atoms in total. The van der Waals surface area contributed by atoms with Crippen LogP contribution in [-0.4, -0.2) is 12.5 Å². The molecule has 5 heteroatoms. The maximum Gasteiger partial charge on any atom is 0.255 e. The molecule has 3 rings (SSSR count). The molecule has 1 N–H and O–H groups in total. The van der Waals surface area contributed by atoms with E-state index in [9.17, 15) is 4.79 Å². The van der Waals surface area contributed by atoms with Crippen LogP contribution < -0.4 is 14.8 Å². The zero-order chi connectivity index (χ0) is 19.9. The molecule has 0 bridgehead atoms. The predicted molar refractivity (Wildman–Crippen MR) is 120 cm³/mol. The van der Waals surface area contributed by atoms with Crippen molar-refractivity contribution in [1.82, 2.24) is 0 Å². The normalized spacial score (nSPS) is 10.4.